The van der Waals surface area contributed by atoms with Gasteiger partial charge in [0, 0.05) is 12.4 Å². The Bertz CT molecular complexity index is 327. The summed E-state index contributed by atoms with van der Waals surface area (Å²) in [5.41, 5.74) is 0.498. The Labute approximate surface area is 90.5 Å². The predicted octanol–water partition coefficient (Wildman–Crippen LogP) is 2.53. The monoisotopic (exact) mass is 207 g/mol. The van der Waals surface area contributed by atoms with Gasteiger partial charge in [-0.25, -0.2) is 0 Å². The molecule has 1 aromatic rings. The zero-order valence-electron chi connectivity index (χ0n) is 9.65. The standard InChI is InChI=1S/C12H17NO2/c1-9(10-5-7-13-8-6-10)11(14)15-12(2,3)4/h5-9H,1-4H3/t9-/m1/s1. The molecule has 0 aliphatic carbocycles. The summed E-state index contributed by atoms with van der Waals surface area (Å²) in [6.07, 6.45) is 3.35. The molecule has 3 nitrogen and oxygen atoms in total. The van der Waals surface area contributed by atoms with Crippen molar-refractivity contribution in [3.8, 4) is 0 Å². The van der Waals surface area contributed by atoms with Crippen molar-refractivity contribution in [2.45, 2.75) is 39.2 Å². The fraction of sp³-hybridized carbons (Fsp3) is 0.500. The minimum absolute atomic E-state index is 0.200. The summed E-state index contributed by atoms with van der Waals surface area (Å²) in [5.74, 6) is -0.444. The van der Waals surface area contributed by atoms with E-state index in [1.54, 1.807) is 12.4 Å². The number of hydrogen-bond acceptors (Lipinski definition) is 3. The van der Waals surface area contributed by atoms with E-state index in [1.165, 1.54) is 0 Å². The van der Waals surface area contributed by atoms with Gasteiger partial charge in [-0.2, -0.15) is 0 Å². The lowest BCUT2D eigenvalue weighted by Crippen LogP contribution is -2.26. The lowest BCUT2D eigenvalue weighted by atomic mass is 10.0. The predicted molar refractivity (Wildman–Crippen MR) is 58.5 cm³/mol. The molecule has 0 saturated heterocycles. The van der Waals surface area contributed by atoms with Crippen LogP contribution in [-0.4, -0.2) is 16.6 Å². The number of carbonyl (C=O) groups excluding carboxylic acids is 1. The molecule has 1 heterocycles. The minimum atomic E-state index is -0.432. The molecule has 15 heavy (non-hydrogen) atoms. The second kappa shape index (κ2) is 4.43. The van der Waals surface area contributed by atoms with Crippen molar-refractivity contribution in [3.05, 3.63) is 30.1 Å². The van der Waals surface area contributed by atoms with Crippen LogP contribution in [0.25, 0.3) is 0 Å². The number of rotatable bonds is 2. The normalized spacial score (nSPS) is 13.3. The van der Waals surface area contributed by atoms with Crippen molar-refractivity contribution in [3.63, 3.8) is 0 Å². The molecule has 0 aliphatic rings. The maximum atomic E-state index is 11.7. The van der Waals surface area contributed by atoms with Crippen LogP contribution < -0.4 is 0 Å². The van der Waals surface area contributed by atoms with Crippen LogP contribution in [0.2, 0.25) is 0 Å². The zero-order chi connectivity index (χ0) is 11.5. The van der Waals surface area contributed by atoms with Gasteiger partial charge in [0.15, 0.2) is 0 Å². The highest BCUT2D eigenvalue weighted by Crippen LogP contribution is 2.19. The van der Waals surface area contributed by atoms with Crippen molar-refractivity contribution < 1.29 is 9.53 Å². The van der Waals surface area contributed by atoms with Crippen LogP contribution in [0.5, 0.6) is 0 Å². The van der Waals surface area contributed by atoms with E-state index in [1.807, 2.05) is 39.8 Å². The van der Waals surface area contributed by atoms with Gasteiger partial charge >= 0.3 is 5.97 Å². The quantitative estimate of drug-likeness (QED) is 0.699. The molecule has 1 atom stereocenters. The van der Waals surface area contributed by atoms with Gasteiger partial charge in [0.2, 0.25) is 0 Å². The van der Waals surface area contributed by atoms with E-state index in [2.05, 4.69) is 4.98 Å². The topological polar surface area (TPSA) is 39.2 Å². The van der Waals surface area contributed by atoms with Crippen LogP contribution in [0, 0.1) is 0 Å². The van der Waals surface area contributed by atoms with E-state index >= 15 is 0 Å². The molecule has 0 aromatic carbocycles. The van der Waals surface area contributed by atoms with E-state index in [0.717, 1.165) is 5.56 Å². The number of aromatic nitrogens is 1. The third-order valence-electron chi connectivity index (χ3n) is 1.97. The van der Waals surface area contributed by atoms with Crippen molar-refractivity contribution >= 4 is 5.97 Å². The molecule has 0 radical (unpaired) electrons. The molecule has 0 fully saturated rings. The Morgan fingerprint density at radius 2 is 1.87 bits per heavy atom. The molecular formula is C12H17NO2. The smallest absolute Gasteiger partial charge is 0.313 e. The summed E-state index contributed by atoms with van der Waals surface area (Å²) < 4.78 is 5.29. The maximum Gasteiger partial charge on any atom is 0.313 e. The largest absolute Gasteiger partial charge is 0.460 e. The maximum absolute atomic E-state index is 11.7. The molecule has 1 rings (SSSR count). The third-order valence-corrected chi connectivity index (χ3v) is 1.97. The van der Waals surface area contributed by atoms with Crippen LogP contribution in [0.3, 0.4) is 0 Å². The Kier molecular flexibility index (Phi) is 3.45. The molecule has 0 aliphatic heterocycles. The van der Waals surface area contributed by atoms with Crippen molar-refractivity contribution in [1.29, 1.82) is 0 Å². The number of hydrogen-bond donors (Lipinski definition) is 0. The molecule has 0 saturated carbocycles. The summed E-state index contributed by atoms with van der Waals surface area (Å²) in [5, 5.41) is 0. The van der Waals surface area contributed by atoms with Crippen molar-refractivity contribution in [2.75, 3.05) is 0 Å². The van der Waals surface area contributed by atoms with Gasteiger partial charge in [-0.05, 0) is 45.4 Å². The number of carbonyl (C=O) groups is 1. The van der Waals surface area contributed by atoms with Crippen molar-refractivity contribution in [2.24, 2.45) is 0 Å². The SMILES string of the molecule is C[C@@H](C(=O)OC(C)(C)C)c1ccncc1. The van der Waals surface area contributed by atoms with Gasteiger partial charge in [-0.3, -0.25) is 9.78 Å². The summed E-state index contributed by atoms with van der Waals surface area (Å²) in [7, 11) is 0. The fourth-order valence-corrected chi connectivity index (χ4v) is 1.18. The Morgan fingerprint density at radius 3 is 2.33 bits per heavy atom. The van der Waals surface area contributed by atoms with Crippen molar-refractivity contribution in [1.82, 2.24) is 4.98 Å². The van der Waals surface area contributed by atoms with Gasteiger partial charge in [-0.1, -0.05) is 0 Å². The van der Waals surface area contributed by atoms with Crippen LogP contribution >= 0.6 is 0 Å². The lowest BCUT2D eigenvalue weighted by Gasteiger charge is -2.22. The first kappa shape index (κ1) is 11.7. The minimum Gasteiger partial charge on any atom is -0.460 e. The molecule has 3 heteroatoms. The van der Waals surface area contributed by atoms with Gasteiger partial charge in [0.25, 0.3) is 0 Å². The summed E-state index contributed by atoms with van der Waals surface area (Å²) in [6.45, 7) is 7.43. The number of esters is 1. The van der Waals surface area contributed by atoms with Gasteiger partial charge < -0.3 is 4.74 Å². The number of pyridine rings is 1. The first-order valence-electron chi connectivity index (χ1n) is 5.03. The van der Waals surface area contributed by atoms with E-state index in [-0.39, 0.29) is 11.9 Å². The number of nitrogens with zero attached hydrogens (tertiary/aromatic N) is 1. The summed E-state index contributed by atoms with van der Waals surface area (Å²) in [6, 6.07) is 3.66. The average Bonchev–Trinajstić information content (AvgIpc) is 2.15. The molecule has 0 spiro atoms. The van der Waals surface area contributed by atoms with E-state index < -0.39 is 5.60 Å². The lowest BCUT2D eigenvalue weighted by molar-refractivity contribution is -0.156. The van der Waals surface area contributed by atoms with Gasteiger partial charge in [-0.15, -0.1) is 0 Å². The first-order chi connectivity index (χ1) is 6.90. The highest BCUT2D eigenvalue weighted by molar-refractivity contribution is 5.77. The Morgan fingerprint density at radius 1 is 1.33 bits per heavy atom. The van der Waals surface area contributed by atoms with E-state index in [9.17, 15) is 4.79 Å². The van der Waals surface area contributed by atoms with Crippen LogP contribution in [0.4, 0.5) is 0 Å². The zero-order valence-corrected chi connectivity index (χ0v) is 9.65. The third kappa shape index (κ3) is 3.70. The fourth-order valence-electron chi connectivity index (χ4n) is 1.18. The molecule has 1 aromatic heterocycles. The van der Waals surface area contributed by atoms with E-state index in [0.29, 0.717) is 0 Å². The Balaban J connectivity index is 2.70. The molecule has 0 amide bonds. The van der Waals surface area contributed by atoms with E-state index in [4.69, 9.17) is 4.74 Å². The molecule has 0 N–H and O–H groups in total. The first-order valence-corrected chi connectivity index (χ1v) is 5.03. The highest BCUT2D eigenvalue weighted by Gasteiger charge is 2.22. The molecular weight excluding hydrogens is 190 g/mol. The molecule has 82 valence electrons. The van der Waals surface area contributed by atoms with Gasteiger partial charge in [0.05, 0.1) is 5.92 Å². The van der Waals surface area contributed by atoms with Crippen LogP contribution in [-0.2, 0) is 9.53 Å². The number of ether oxygens (including phenoxy) is 1. The molecule has 0 bridgehead atoms. The molecule has 0 unspecified atom stereocenters. The average molecular weight is 207 g/mol. The van der Waals surface area contributed by atoms with Gasteiger partial charge in [0.1, 0.15) is 5.60 Å². The second-order valence-electron chi connectivity index (χ2n) is 4.54. The highest BCUT2D eigenvalue weighted by atomic mass is 16.6. The summed E-state index contributed by atoms with van der Waals surface area (Å²) in [4.78, 5) is 15.6. The summed E-state index contributed by atoms with van der Waals surface area (Å²) >= 11 is 0. The Hall–Kier alpha value is -1.38. The second-order valence-corrected chi connectivity index (χ2v) is 4.54. The van der Waals surface area contributed by atoms with Crippen LogP contribution in [0.15, 0.2) is 24.5 Å². The van der Waals surface area contributed by atoms with Crippen LogP contribution in [0.1, 0.15) is 39.2 Å².